The highest BCUT2D eigenvalue weighted by Gasteiger charge is 2.15. The van der Waals surface area contributed by atoms with Crippen LogP contribution in [0.15, 0.2) is 60.7 Å². The van der Waals surface area contributed by atoms with Crippen LogP contribution in [0, 0.1) is 13.8 Å². The van der Waals surface area contributed by atoms with Gasteiger partial charge in [0.15, 0.2) is 0 Å². The Kier molecular flexibility index (Phi) is 7.75. The van der Waals surface area contributed by atoms with E-state index in [4.69, 9.17) is 4.74 Å². The van der Waals surface area contributed by atoms with Crippen molar-refractivity contribution in [2.75, 3.05) is 17.2 Å². The SMILES string of the molecule is CCOC(=O)c1ccc(C(=O)NCc2cccc(NC(=O)Nc3cccc(C)c3)c2)nc1C. The molecule has 3 rings (SSSR count). The minimum atomic E-state index is -0.467. The van der Waals surface area contributed by atoms with Gasteiger partial charge in [0.05, 0.1) is 17.9 Å². The number of benzene rings is 2. The number of anilines is 2. The highest BCUT2D eigenvalue weighted by atomic mass is 16.5. The summed E-state index contributed by atoms with van der Waals surface area (Å²) in [5.74, 6) is -0.839. The third kappa shape index (κ3) is 6.64. The first-order valence-electron chi connectivity index (χ1n) is 10.5. The van der Waals surface area contributed by atoms with E-state index in [0.29, 0.717) is 22.6 Å². The van der Waals surface area contributed by atoms with Gasteiger partial charge in [-0.05, 0) is 68.3 Å². The van der Waals surface area contributed by atoms with Crippen molar-refractivity contribution in [2.45, 2.75) is 27.3 Å². The minimum Gasteiger partial charge on any atom is -0.462 e. The number of ether oxygens (including phenoxy) is 1. The van der Waals surface area contributed by atoms with Crippen LogP contribution in [-0.4, -0.2) is 29.5 Å². The standard InChI is InChI=1S/C25H26N4O4/c1-4-33-24(31)21-11-12-22(27-17(21)3)23(30)26-15-18-8-6-10-20(14-18)29-25(32)28-19-9-5-7-16(2)13-19/h5-14H,4,15H2,1-3H3,(H,26,30)(H2,28,29,32). The molecule has 1 aromatic heterocycles. The van der Waals surface area contributed by atoms with Crippen molar-refractivity contribution < 1.29 is 19.1 Å². The molecule has 0 aliphatic rings. The number of aryl methyl sites for hydroxylation is 2. The Labute approximate surface area is 192 Å². The topological polar surface area (TPSA) is 109 Å². The van der Waals surface area contributed by atoms with Crippen molar-refractivity contribution in [1.82, 2.24) is 10.3 Å². The summed E-state index contributed by atoms with van der Waals surface area (Å²) in [5.41, 5.74) is 4.10. The van der Waals surface area contributed by atoms with Crippen LogP contribution in [0.3, 0.4) is 0 Å². The molecule has 3 N–H and O–H groups in total. The van der Waals surface area contributed by atoms with Gasteiger partial charge in [-0.25, -0.2) is 14.6 Å². The third-order valence-electron chi connectivity index (χ3n) is 4.73. The van der Waals surface area contributed by atoms with Gasteiger partial charge in [0.1, 0.15) is 5.69 Å². The fourth-order valence-corrected chi connectivity index (χ4v) is 3.16. The monoisotopic (exact) mass is 446 g/mol. The zero-order valence-electron chi connectivity index (χ0n) is 18.8. The van der Waals surface area contributed by atoms with Crippen molar-refractivity contribution in [3.63, 3.8) is 0 Å². The van der Waals surface area contributed by atoms with E-state index in [9.17, 15) is 14.4 Å². The molecular formula is C25H26N4O4. The minimum absolute atomic E-state index is 0.201. The molecule has 1 heterocycles. The van der Waals surface area contributed by atoms with E-state index in [1.54, 1.807) is 32.0 Å². The van der Waals surface area contributed by atoms with Gasteiger partial charge in [0, 0.05) is 17.9 Å². The van der Waals surface area contributed by atoms with Crippen LogP contribution in [0.2, 0.25) is 0 Å². The lowest BCUT2D eigenvalue weighted by atomic mass is 10.1. The molecule has 0 saturated carbocycles. The first-order chi connectivity index (χ1) is 15.9. The molecule has 0 atom stereocenters. The number of urea groups is 1. The van der Waals surface area contributed by atoms with Crippen LogP contribution in [0.4, 0.5) is 16.2 Å². The molecule has 0 radical (unpaired) electrons. The van der Waals surface area contributed by atoms with Gasteiger partial charge >= 0.3 is 12.0 Å². The van der Waals surface area contributed by atoms with E-state index in [1.807, 2.05) is 37.3 Å². The van der Waals surface area contributed by atoms with Crippen LogP contribution >= 0.6 is 0 Å². The van der Waals surface area contributed by atoms with E-state index in [2.05, 4.69) is 20.9 Å². The van der Waals surface area contributed by atoms with Crippen LogP contribution < -0.4 is 16.0 Å². The second kappa shape index (κ2) is 10.9. The Morgan fingerprint density at radius 3 is 2.27 bits per heavy atom. The summed E-state index contributed by atoms with van der Waals surface area (Å²) in [6.45, 7) is 5.84. The van der Waals surface area contributed by atoms with Crippen molar-refractivity contribution in [2.24, 2.45) is 0 Å². The number of esters is 1. The Balaban J connectivity index is 1.58. The first-order valence-corrected chi connectivity index (χ1v) is 10.5. The number of amides is 3. The van der Waals surface area contributed by atoms with Gasteiger partial charge in [-0.1, -0.05) is 24.3 Å². The lowest BCUT2D eigenvalue weighted by Crippen LogP contribution is -2.24. The molecule has 0 fully saturated rings. The number of carbonyl (C=O) groups is 3. The highest BCUT2D eigenvalue weighted by molar-refractivity contribution is 6.00. The van der Waals surface area contributed by atoms with Crippen molar-refractivity contribution in [1.29, 1.82) is 0 Å². The lowest BCUT2D eigenvalue weighted by Gasteiger charge is -2.11. The molecule has 0 spiro atoms. The number of hydrogen-bond acceptors (Lipinski definition) is 5. The van der Waals surface area contributed by atoms with Crippen molar-refractivity contribution in [3.05, 3.63) is 88.7 Å². The van der Waals surface area contributed by atoms with E-state index >= 15 is 0 Å². The molecule has 8 heteroatoms. The molecular weight excluding hydrogens is 420 g/mol. The van der Waals surface area contributed by atoms with E-state index in [1.165, 1.54) is 12.1 Å². The van der Waals surface area contributed by atoms with Gasteiger partial charge < -0.3 is 20.7 Å². The van der Waals surface area contributed by atoms with E-state index in [0.717, 1.165) is 11.1 Å². The number of aromatic nitrogens is 1. The van der Waals surface area contributed by atoms with Crippen LogP contribution in [0.25, 0.3) is 0 Å². The van der Waals surface area contributed by atoms with Gasteiger partial charge in [-0.15, -0.1) is 0 Å². The summed E-state index contributed by atoms with van der Waals surface area (Å²) < 4.78 is 4.98. The predicted octanol–water partition coefficient (Wildman–Crippen LogP) is 4.45. The zero-order chi connectivity index (χ0) is 23.8. The molecule has 33 heavy (non-hydrogen) atoms. The molecule has 8 nitrogen and oxygen atoms in total. The largest absolute Gasteiger partial charge is 0.462 e. The van der Waals surface area contributed by atoms with Crippen LogP contribution in [-0.2, 0) is 11.3 Å². The lowest BCUT2D eigenvalue weighted by molar-refractivity contribution is 0.0524. The molecule has 0 unspecified atom stereocenters. The molecule has 3 amide bonds. The van der Waals surface area contributed by atoms with Crippen molar-refractivity contribution >= 4 is 29.3 Å². The zero-order valence-corrected chi connectivity index (χ0v) is 18.8. The molecule has 0 saturated heterocycles. The van der Waals surface area contributed by atoms with Gasteiger partial charge in [0.25, 0.3) is 5.91 Å². The second-order valence-corrected chi connectivity index (χ2v) is 7.38. The summed E-state index contributed by atoms with van der Waals surface area (Å²) in [6.07, 6.45) is 0. The van der Waals surface area contributed by atoms with Gasteiger partial charge in [-0.2, -0.15) is 0 Å². The Morgan fingerprint density at radius 1 is 0.909 bits per heavy atom. The molecule has 0 aliphatic carbocycles. The van der Waals surface area contributed by atoms with Crippen LogP contribution in [0.5, 0.6) is 0 Å². The molecule has 2 aromatic carbocycles. The van der Waals surface area contributed by atoms with E-state index in [-0.39, 0.29) is 30.8 Å². The number of nitrogens with zero attached hydrogens (tertiary/aromatic N) is 1. The summed E-state index contributed by atoms with van der Waals surface area (Å²) >= 11 is 0. The Bertz CT molecular complexity index is 1180. The smallest absolute Gasteiger partial charge is 0.339 e. The molecule has 0 bridgehead atoms. The summed E-state index contributed by atoms with van der Waals surface area (Å²) in [7, 11) is 0. The highest BCUT2D eigenvalue weighted by Crippen LogP contribution is 2.14. The maximum absolute atomic E-state index is 12.5. The number of hydrogen-bond donors (Lipinski definition) is 3. The summed E-state index contributed by atoms with van der Waals surface area (Å²) in [4.78, 5) is 40.9. The van der Waals surface area contributed by atoms with Gasteiger partial charge in [0.2, 0.25) is 0 Å². The predicted molar refractivity (Wildman–Crippen MR) is 126 cm³/mol. The van der Waals surface area contributed by atoms with Crippen molar-refractivity contribution in [3.8, 4) is 0 Å². The molecule has 170 valence electrons. The maximum Gasteiger partial charge on any atom is 0.339 e. The summed E-state index contributed by atoms with van der Waals surface area (Å²) in [6, 6.07) is 17.3. The van der Waals surface area contributed by atoms with Crippen LogP contribution in [0.1, 0.15) is 44.6 Å². The fourth-order valence-electron chi connectivity index (χ4n) is 3.16. The number of carbonyl (C=O) groups excluding carboxylic acids is 3. The normalized spacial score (nSPS) is 10.3. The van der Waals surface area contributed by atoms with E-state index < -0.39 is 5.97 Å². The average Bonchev–Trinajstić information content (AvgIpc) is 2.77. The summed E-state index contributed by atoms with van der Waals surface area (Å²) in [5, 5.41) is 8.37. The second-order valence-electron chi connectivity index (χ2n) is 7.38. The number of nitrogens with one attached hydrogen (secondary N) is 3. The number of pyridine rings is 1. The van der Waals surface area contributed by atoms with Gasteiger partial charge in [-0.3, -0.25) is 4.79 Å². The maximum atomic E-state index is 12.5. The molecule has 0 aliphatic heterocycles. The Hall–Kier alpha value is -4.20. The fraction of sp³-hybridized carbons (Fsp3) is 0.200. The molecule has 3 aromatic rings. The first kappa shape index (κ1) is 23.5. The quantitative estimate of drug-likeness (QED) is 0.465. The number of rotatable bonds is 7. The Morgan fingerprint density at radius 2 is 1.61 bits per heavy atom. The average molecular weight is 447 g/mol. The third-order valence-corrected chi connectivity index (χ3v) is 4.73.